The summed E-state index contributed by atoms with van der Waals surface area (Å²) < 4.78 is 6.07. The molecular formula is C9H14ClNOS. The Hall–Kier alpha value is -0.0900. The second-order valence-corrected chi connectivity index (χ2v) is 4.87. The molecule has 0 aliphatic carbocycles. The van der Waals surface area contributed by atoms with E-state index in [1.807, 2.05) is 26.0 Å². The summed E-state index contributed by atoms with van der Waals surface area (Å²) >= 11 is 7.33. The maximum absolute atomic E-state index is 6.06. The molecule has 0 aromatic carbocycles. The predicted octanol–water partition coefficient (Wildman–Crippen LogP) is 2.61. The Morgan fingerprint density at radius 3 is 2.77 bits per heavy atom. The first kappa shape index (κ1) is 11.0. The molecule has 2 nitrogen and oxygen atoms in total. The van der Waals surface area contributed by atoms with Crippen LogP contribution in [0, 0.1) is 0 Å². The largest absolute Gasteiger partial charge is 0.379 e. The van der Waals surface area contributed by atoms with Crippen LogP contribution in [0.2, 0.25) is 4.34 Å². The normalized spacial score (nSPS) is 15.7. The lowest BCUT2D eigenvalue weighted by Gasteiger charge is -2.22. The van der Waals surface area contributed by atoms with E-state index < -0.39 is 5.54 Å². The van der Waals surface area contributed by atoms with Crippen molar-refractivity contribution in [2.45, 2.75) is 19.4 Å². The van der Waals surface area contributed by atoms with Crippen LogP contribution in [0.3, 0.4) is 0 Å². The molecule has 0 radical (unpaired) electrons. The number of ether oxygens (including phenoxy) is 1. The van der Waals surface area contributed by atoms with Crippen LogP contribution < -0.4 is 5.73 Å². The van der Waals surface area contributed by atoms with Gasteiger partial charge >= 0.3 is 0 Å². The van der Waals surface area contributed by atoms with Crippen molar-refractivity contribution in [3.63, 3.8) is 0 Å². The van der Waals surface area contributed by atoms with Crippen LogP contribution >= 0.6 is 22.9 Å². The van der Waals surface area contributed by atoms with Crippen molar-refractivity contribution in [3.05, 3.63) is 21.3 Å². The van der Waals surface area contributed by atoms with Crippen molar-refractivity contribution < 1.29 is 4.74 Å². The van der Waals surface area contributed by atoms with E-state index >= 15 is 0 Å². The van der Waals surface area contributed by atoms with Gasteiger partial charge in [-0.1, -0.05) is 11.6 Å². The molecule has 0 bridgehead atoms. The zero-order valence-electron chi connectivity index (χ0n) is 7.84. The van der Waals surface area contributed by atoms with Crippen LogP contribution in [0.5, 0.6) is 0 Å². The summed E-state index contributed by atoms with van der Waals surface area (Å²) in [5.41, 5.74) is 5.64. The van der Waals surface area contributed by atoms with E-state index in [9.17, 15) is 0 Å². The van der Waals surface area contributed by atoms with Gasteiger partial charge in [-0.3, -0.25) is 0 Å². The molecule has 0 amide bonds. The first-order valence-corrected chi connectivity index (χ1v) is 5.38. The van der Waals surface area contributed by atoms with Crippen LogP contribution in [0.25, 0.3) is 0 Å². The van der Waals surface area contributed by atoms with Crippen molar-refractivity contribution >= 4 is 22.9 Å². The van der Waals surface area contributed by atoms with E-state index in [1.54, 1.807) is 0 Å². The summed E-state index contributed by atoms with van der Waals surface area (Å²) in [6, 6.07) is 3.81. The fourth-order valence-electron chi connectivity index (χ4n) is 1.01. The molecule has 1 aromatic heterocycles. The Kier molecular flexibility index (Phi) is 3.74. The molecular weight excluding hydrogens is 206 g/mol. The highest BCUT2D eigenvalue weighted by atomic mass is 35.5. The highest BCUT2D eigenvalue weighted by Crippen LogP contribution is 2.29. The minimum absolute atomic E-state index is 0.423. The molecule has 13 heavy (non-hydrogen) atoms. The van der Waals surface area contributed by atoms with E-state index in [0.717, 1.165) is 9.21 Å². The van der Waals surface area contributed by atoms with E-state index in [-0.39, 0.29) is 0 Å². The van der Waals surface area contributed by atoms with Crippen molar-refractivity contribution in [2.75, 3.05) is 13.2 Å². The van der Waals surface area contributed by atoms with Gasteiger partial charge in [0.1, 0.15) is 0 Å². The molecule has 1 aromatic rings. The van der Waals surface area contributed by atoms with Crippen LogP contribution in [0.1, 0.15) is 18.7 Å². The highest BCUT2D eigenvalue weighted by Gasteiger charge is 2.23. The molecule has 74 valence electrons. The number of hydrogen-bond acceptors (Lipinski definition) is 3. The smallest absolute Gasteiger partial charge is 0.0931 e. The van der Waals surface area contributed by atoms with Gasteiger partial charge in [0.05, 0.1) is 16.5 Å². The third-order valence-corrected chi connectivity index (χ3v) is 3.25. The standard InChI is InChI=1S/C9H14ClNOS/c1-3-12-6-9(2,11)7-4-5-8(10)13-7/h4-5H,3,6,11H2,1-2H3. The number of rotatable bonds is 4. The fraction of sp³-hybridized carbons (Fsp3) is 0.556. The molecule has 0 fully saturated rings. The molecule has 0 saturated heterocycles. The number of halogens is 1. The van der Waals surface area contributed by atoms with Crippen molar-refractivity contribution in [2.24, 2.45) is 5.73 Å². The minimum Gasteiger partial charge on any atom is -0.379 e. The Labute approximate surface area is 87.7 Å². The first-order chi connectivity index (χ1) is 6.06. The summed E-state index contributed by atoms with van der Waals surface area (Å²) in [6.45, 7) is 5.12. The van der Waals surface area contributed by atoms with Crippen LogP contribution in [-0.2, 0) is 10.3 Å². The number of thiophene rings is 1. The van der Waals surface area contributed by atoms with Crippen molar-refractivity contribution in [1.82, 2.24) is 0 Å². The van der Waals surface area contributed by atoms with Gasteiger partial charge in [-0.15, -0.1) is 11.3 Å². The lowest BCUT2D eigenvalue weighted by Crippen LogP contribution is -2.37. The summed E-state index contributed by atoms with van der Waals surface area (Å²) in [5, 5.41) is 0. The van der Waals surface area contributed by atoms with Gasteiger partial charge in [0.15, 0.2) is 0 Å². The topological polar surface area (TPSA) is 35.2 Å². The van der Waals surface area contributed by atoms with Gasteiger partial charge in [-0.2, -0.15) is 0 Å². The van der Waals surface area contributed by atoms with Gasteiger partial charge in [-0.05, 0) is 26.0 Å². The van der Waals surface area contributed by atoms with Crippen molar-refractivity contribution in [1.29, 1.82) is 0 Å². The van der Waals surface area contributed by atoms with Crippen LogP contribution in [0.4, 0.5) is 0 Å². The lowest BCUT2D eigenvalue weighted by molar-refractivity contribution is 0.102. The Morgan fingerprint density at radius 2 is 2.31 bits per heavy atom. The first-order valence-electron chi connectivity index (χ1n) is 4.18. The van der Waals surface area contributed by atoms with Crippen LogP contribution in [0.15, 0.2) is 12.1 Å². The molecule has 0 aliphatic heterocycles. The maximum atomic E-state index is 6.06. The highest BCUT2D eigenvalue weighted by molar-refractivity contribution is 7.16. The zero-order chi connectivity index (χ0) is 9.90. The summed E-state index contributed by atoms with van der Waals surface area (Å²) in [5.74, 6) is 0. The predicted molar refractivity (Wildman–Crippen MR) is 57.4 cm³/mol. The van der Waals surface area contributed by atoms with E-state index in [0.29, 0.717) is 13.2 Å². The molecule has 0 spiro atoms. The van der Waals surface area contributed by atoms with Gasteiger partial charge in [0.25, 0.3) is 0 Å². The summed E-state index contributed by atoms with van der Waals surface area (Å²) in [4.78, 5) is 1.06. The SMILES string of the molecule is CCOCC(C)(N)c1ccc(Cl)s1. The monoisotopic (exact) mass is 219 g/mol. The Bertz CT molecular complexity index is 272. The maximum Gasteiger partial charge on any atom is 0.0931 e. The minimum atomic E-state index is -0.423. The lowest BCUT2D eigenvalue weighted by atomic mass is 10.0. The van der Waals surface area contributed by atoms with Crippen LogP contribution in [-0.4, -0.2) is 13.2 Å². The molecule has 0 aliphatic rings. The van der Waals surface area contributed by atoms with Gasteiger partial charge in [0, 0.05) is 11.5 Å². The van der Waals surface area contributed by atoms with E-state index in [1.165, 1.54) is 11.3 Å². The molecule has 1 rings (SSSR count). The average molecular weight is 220 g/mol. The van der Waals surface area contributed by atoms with Crippen molar-refractivity contribution in [3.8, 4) is 0 Å². The Morgan fingerprint density at radius 1 is 1.62 bits per heavy atom. The number of hydrogen-bond donors (Lipinski definition) is 1. The quantitative estimate of drug-likeness (QED) is 0.845. The molecule has 1 heterocycles. The molecule has 1 unspecified atom stereocenters. The Balaban J connectivity index is 2.68. The summed E-state index contributed by atoms with van der Waals surface area (Å²) in [7, 11) is 0. The average Bonchev–Trinajstić information content (AvgIpc) is 2.49. The third-order valence-electron chi connectivity index (χ3n) is 1.74. The molecule has 2 N–H and O–H groups in total. The molecule has 1 atom stereocenters. The van der Waals surface area contributed by atoms with E-state index in [2.05, 4.69) is 0 Å². The number of nitrogens with two attached hydrogens (primary N) is 1. The second kappa shape index (κ2) is 4.42. The third kappa shape index (κ3) is 2.95. The summed E-state index contributed by atoms with van der Waals surface area (Å²) in [6.07, 6.45) is 0. The van der Waals surface area contributed by atoms with Gasteiger partial charge < -0.3 is 10.5 Å². The molecule has 0 saturated carbocycles. The van der Waals surface area contributed by atoms with Gasteiger partial charge in [-0.25, -0.2) is 0 Å². The zero-order valence-corrected chi connectivity index (χ0v) is 9.41. The fourth-order valence-corrected chi connectivity index (χ4v) is 2.09. The van der Waals surface area contributed by atoms with E-state index in [4.69, 9.17) is 22.1 Å². The van der Waals surface area contributed by atoms with Gasteiger partial charge in [0.2, 0.25) is 0 Å². The second-order valence-electron chi connectivity index (χ2n) is 3.16. The molecule has 4 heteroatoms.